The number of phenolic OH excluding ortho intramolecular Hbond substituents is 1. The van der Waals surface area contributed by atoms with Crippen molar-refractivity contribution in [3.05, 3.63) is 45.4 Å². The van der Waals surface area contributed by atoms with Crippen molar-refractivity contribution in [1.82, 2.24) is 9.88 Å². The van der Waals surface area contributed by atoms with Gasteiger partial charge < -0.3 is 10.0 Å². The molecule has 1 fully saturated rings. The number of likely N-dealkylation sites (tertiary alicyclic amines) is 1. The number of aryl methyl sites for hydroxylation is 3. The van der Waals surface area contributed by atoms with Crippen molar-refractivity contribution >= 4 is 17.2 Å². The number of amides is 1. The molecule has 1 atom stereocenters. The van der Waals surface area contributed by atoms with E-state index in [9.17, 15) is 9.90 Å². The minimum atomic E-state index is 0.147. The first-order valence-corrected chi connectivity index (χ1v) is 9.39. The van der Waals surface area contributed by atoms with Gasteiger partial charge in [-0.1, -0.05) is 12.1 Å². The highest BCUT2D eigenvalue weighted by Crippen LogP contribution is 2.27. The van der Waals surface area contributed by atoms with Gasteiger partial charge in [-0.2, -0.15) is 0 Å². The molecule has 24 heavy (non-hydrogen) atoms. The minimum Gasteiger partial charge on any atom is -0.508 e. The van der Waals surface area contributed by atoms with E-state index in [-0.39, 0.29) is 5.91 Å². The molecule has 1 saturated heterocycles. The number of carbonyl (C=O) groups is 1. The summed E-state index contributed by atoms with van der Waals surface area (Å²) in [4.78, 5) is 20.2. The molecule has 1 aliphatic rings. The van der Waals surface area contributed by atoms with Gasteiger partial charge in [-0.25, -0.2) is 4.98 Å². The molecule has 1 aliphatic heterocycles. The highest BCUT2D eigenvalue weighted by Gasteiger charge is 2.29. The summed E-state index contributed by atoms with van der Waals surface area (Å²) in [7, 11) is 0. The maximum Gasteiger partial charge on any atom is 0.266 e. The maximum absolute atomic E-state index is 13.0. The number of carbonyl (C=O) groups excluding carboxylic acids is 1. The molecule has 5 heteroatoms. The second-order valence-electron chi connectivity index (χ2n) is 6.50. The molecule has 1 aromatic carbocycles. The van der Waals surface area contributed by atoms with Crippen molar-refractivity contribution in [1.29, 1.82) is 0 Å². The van der Waals surface area contributed by atoms with Crippen molar-refractivity contribution in [2.75, 3.05) is 6.54 Å². The lowest BCUT2D eigenvalue weighted by molar-refractivity contribution is 0.0606. The number of rotatable bonds is 4. The van der Waals surface area contributed by atoms with Crippen LogP contribution in [0.5, 0.6) is 5.75 Å². The van der Waals surface area contributed by atoms with Gasteiger partial charge in [0, 0.05) is 12.6 Å². The van der Waals surface area contributed by atoms with E-state index in [1.807, 2.05) is 26.0 Å². The van der Waals surface area contributed by atoms with E-state index in [1.54, 1.807) is 12.1 Å². The van der Waals surface area contributed by atoms with Crippen LogP contribution in [0.2, 0.25) is 0 Å². The number of nitrogens with zero attached hydrogens (tertiary/aromatic N) is 2. The zero-order valence-electron chi connectivity index (χ0n) is 14.3. The molecule has 0 bridgehead atoms. The third kappa shape index (κ3) is 3.78. The van der Waals surface area contributed by atoms with Crippen molar-refractivity contribution in [3.63, 3.8) is 0 Å². The molecule has 0 saturated carbocycles. The van der Waals surface area contributed by atoms with Gasteiger partial charge in [0.15, 0.2) is 0 Å². The normalized spacial score (nSPS) is 17.9. The first kappa shape index (κ1) is 17.0. The number of hydrogen-bond acceptors (Lipinski definition) is 4. The van der Waals surface area contributed by atoms with Crippen LogP contribution in [0.25, 0.3) is 0 Å². The number of piperidine rings is 1. The van der Waals surface area contributed by atoms with Crippen LogP contribution in [0.1, 0.15) is 51.6 Å². The van der Waals surface area contributed by atoms with Crippen LogP contribution in [0.3, 0.4) is 0 Å². The predicted molar refractivity (Wildman–Crippen MR) is 96.7 cm³/mol. The third-order valence-corrected chi connectivity index (χ3v) is 5.75. The van der Waals surface area contributed by atoms with Gasteiger partial charge in [0.1, 0.15) is 10.6 Å². The summed E-state index contributed by atoms with van der Waals surface area (Å²) in [5, 5.41) is 10.3. The second-order valence-corrected chi connectivity index (χ2v) is 7.70. The molecule has 4 nitrogen and oxygen atoms in total. The zero-order chi connectivity index (χ0) is 17.1. The fraction of sp³-hybridized carbons (Fsp3) is 0.474. The van der Waals surface area contributed by atoms with Crippen LogP contribution in [-0.4, -0.2) is 33.5 Å². The zero-order valence-corrected chi connectivity index (χ0v) is 15.1. The average molecular weight is 344 g/mol. The molecule has 1 aromatic heterocycles. The fourth-order valence-corrected chi connectivity index (χ4v) is 4.30. The lowest BCUT2D eigenvalue weighted by Crippen LogP contribution is -2.43. The van der Waals surface area contributed by atoms with Gasteiger partial charge in [0.05, 0.1) is 10.7 Å². The third-order valence-electron chi connectivity index (χ3n) is 4.69. The van der Waals surface area contributed by atoms with Crippen LogP contribution in [0.15, 0.2) is 24.3 Å². The van der Waals surface area contributed by atoms with Crippen LogP contribution in [0.4, 0.5) is 0 Å². The summed E-state index contributed by atoms with van der Waals surface area (Å²) in [6, 6.07) is 7.66. The Hall–Kier alpha value is -1.88. The number of aromatic nitrogens is 1. The van der Waals surface area contributed by atoms with E-state index in [1.165, 1.54) is 23.3 Å². The number of benzene rings is 1. The summed E-state index contributed by atoms with van der Waals surface area (Å²) >= 11 is 1.50. The first-order valence-electron chi connectivity index (χ1n) is 8.57. The molecule has 3 rings (SSSR count). The van der Waals surface area contributed by atoms with Crippen molar-refractivity contribution in [3.8, 4) is 5.75 Å². The average Bonchev–Trinajstić information content (AvgIpc) is 2.92. The number of phenols is 1. The fourth-order valence-electron chi connectivity index (χ4n) is 3.42. The van der Waals surface area contributed by atoms with E-state index < -0.39 is 0 Å². The highest BCUT2D eigenvalue weighted by molar-refractivity contribution is 7.13. The van der Waals surface area contributed by atoms with Gasteiger partial charge in [0.25, 0.3) is 5.91 Å². The summed E-state index contributed by atoms with van der Waals surface area (Å²) in [5.41, 5.74) is 2.06. The molecule has 2 heterocycles. The Bertz CT molecular complexity index is 709. The van der Waals surface area contributed by atoms with Crippen molar-refractivity contribution in [2.45, 2.75) is 52.0 Å². The maximum atomic E-state index is 13.0. The lowest BCUT2D eigenvalue weighted by atomic mass is 9.95. The van der Waals surface area contributed by atoms with Gasteiger partial charge in [-0.15, -0.1) is 11.3 Å². The second kappa shape index (κ2) is 7.34. The van der Waals surface area contributed by atoms with Crippen molar-refractivity contribution < 1.29 is 9.90 Å². The molecule has 2 aromatic rings. The Labute approximate surface area is 147 Å². The van der Waals surface area contributed by atoms with Crippen molar-refractivity contribution in [2.24, 2.45) is 0 Å². The molecule has 0 radical (unpaired) electrons. The van der Waals surface area contributed by atoms with Crippen LogP contribution in [0, 0.1) is 13.8 Å². The Balaban J connectivity index is 1.70. The highest BCUT2D eigenvalue weighted by atomic mass is 32.1. The van der Waals surface area contributed by atoms with E-state index in [0.29, 0.717) is 11.8 Å². The van der Waals surface area contributed by atoms with Crippen LogP contribution < -0.4 is 0 Å². The van der Waals surface area contributed by atoms with Gasteiger partial charge in [-0.3, -0.25) is 4.79 Å². The monoisotopic (exact) mass is 344 g/mol. The Morgan fingerprint density at radius 1 is 1.29 bits per heavy atom. The first-order chi connectivity index (χ1) is 11.5. The predicted octanol–water partition coefficient (Wildman–Crippen LogP) is 4.09. The SMILES string of the molecule is Cc1nc(C)c(C(=O)N2CCCC[C@H]2CCc2ccc(O)cc2)s1. The van der Waals surface area contributed by atoms with Gasteiger partial charge >= 0.3 is 0 Å². The summed E-state index contributed by atoms with van der Waals surface area (Å²) < 4.78 is 0. The molecule has 0 unspecified atom stereocenters. The lowest BCUT2D eigenvalue weighted by Gasteiger charge is -2.35. The molecule has 0 aliphatic carbocycles. The summed E-state index contributed by atoms with van der Waals surface area (Å²) in [6.07, 6.45) is 5.23. The Kier molecular flexibility index (Phi) is 5.19. The van der Waals surface area contributed by atoms with Gasteiger partial charge in [-0.05, 0) is 63.6 Å². The molecule has 128 valence electrons. The Morgan fingerprint density at radius 3 is 2.71 bits per heavy atom. The van der Waals surface area contributed by atoms with E-state index in [4.69, 9.17) is 0 Å². The molecular weight excluding hydrogens is 320 g/mol. The topological polar surface area (TPSA) is 53.4 Å². The largest absolute Gasteiger partial charge is 0.508 e. The quantitative estimate of drug-likeness (QED) is 0.909. The van der Waals surface area contributed by atoms with Crippen LogP contribution in [-0.2, 0) is 6.42 Å². The number of thiazole rings is 1. The van der Waals surface area contributed by atoms with Gasteiger partial charge in [0.2, 0.25) is 0 Å². The van der Waals surface area contributed by atoms with Crippen LogP contribution >= 0.6 is 11.3 Å². The number of hydrogen-bond donors (Lipinski definition) is 1. The molecule has 1 amide bonds. The van der Waals surface area contributed by atoms with E-state index in [0.717, 1.165) is 47.8 Å². The standard InChI is InChI=1S/C19H24N2O2S/c1-13-18(24-14(2)20-13)19(23)21-12-4-3-5-16(21)9-6-15-7-10-17(22)11-8-15/h7-8,10-11,16,22H,3-6,9,12H2,1-2H3/t16-/m0/s1. The van der Waals surface area contributed by atoms with E-state index >= 15 is 0 Å². The summed E-state index contributed by atoms with van der Waals surface area (Å²) in [5.74, 6) is 0.442. The molecular formula is C19H24N2O2S. The Morgan fingerprint density at radius 2 is 2.04 bits per heavy atom. The smallest absolute Gasteiger partial charge is 0.266 e. The van der Waals surface area contributed by atoms with E-state index in [2.05, 4.69) is 9.88 Å². The number of aromatic hydroxyl groups is 1. The minimum absolute atomic E-state index is 0.147. The summed E-state index contributed by atoms with van der Waals surface area (Å²) in [6.45, 7) is 4.72. The molecule has 1 N–H and O–H groups in total. The molecule has 0 spiro atoms.